The fourth-order valence-corrected chi connectivity index (χ4v) is 5.46. The molecule has 1 N–H and O–H groups in total. The molecule has 1 aromatic carbocycles. The van der Waals surface area contributed by atoms with Gasteiger partial charge in [0.1, 0.15) is 23.7 Å². The molecule has 3 aliphatic rings. The predicted molar refractivity (Wildman–Crippen MR) is 132 cm³/mol. The first-order chi connectivity index (χ1) is 18.1. The lowest BCUT2D eigenvalue weighted by molar-refractivity contribution is -0.141. The first-order valence-corrected chi connectivity index (χ1v) is 12.7. The highest BCUT2D eigenvalue weighted by atomic mass is 19.4. The minimum atomic E-state index is -4.62. The summed E-state index contributed by atoms with van der Waals surface area (Å²) in [4.78, 5) is 18.7. The monoisotopic (exact) mass is 526 g/mol. The molecular weight excluding hydrogens is 497 g/mol. The summed E-state index contributed by atoms with van der Waals surface area (Å²) in [5.41, 5.74) is 1.23. The van der Waals surface area contributed by atoms with Crippen molar-refractivity contribution in [3.63, 3.8) is 0 Å². The van der Waals surface area contributed by atoms with E-state index in [-0.39, 0.29) is 35.8 Å². The number of pyridine rings is 1. The summed E-state index contributed by atoms with van der Waals surface area (Å²) in [5.74, 6) is 0.471. The van der Waals surface area contributed by atoms with Crippen molar-refractivity contribution in [2.24, 2.45) is 7.05 Å². The summed E-state index contributed by atoms with van der Waals surface area (Å²) in [6.45, 7) is 3.49. The van der Waals surface area contributed by atoms with Gasteiger partial charge in [0.2, 0.25) is 0 Å². The standard InChI is InChI=1S/C27H29F3N6O2/c1-25(6-3-7-25)31-12-17-8-21(27(28,29)30)33-22(9-17)36-13-18-4-5-19(10-20(18)24(36)37)26(14-38-15-26)11-23-34-32-16-35(23)2/h4-5,8-10,16,31H,3,6-7,11-15H2,1-2H3. The molecule has 0 radical (unpaired) electrons. The number of hydrogen-bond acceptors (Lipinski definition) is 6. The molecule has 6 rings (SSSR count). The molecule has 200 valence electrons. The van der Waals surface area contributed by atoms with E-state index in [4.69, 9.17) is 4.74 Å². The molecule has 1 saturated carbocycles. The van der Waals surface area contributed by atoms with Gasteiger partial charge in [-0.3, -0.25) is 9.69 Å². The van der Waals surface area contributed by atoms with Crippen molar-refractivity contribution in [3.05, 3.63) is 70.4 Å². The van der Waals surface area contributed by atoms with Gasteiger partial charge in [0.15, 0.2) is 0 Å². The van der Waals surface area contributed by atoms with Crippen LogP contribution in [-0.2, 0) is 42.9 Å². The molecule has 0 unspecified atom stereocenters. The van der Waals surface area contributed by atoms with Gasteiger partial charge >= 0.3 is 6.18 Å². The van der Waals surface area contributed by atoms with Crippen LogP contribution in [0.3, 0.4) is 0 Å². The maximum Gasteiger partial charge on any atom is 0.433 e. The van der Waals surface area contributed by atoms with Crippen LogP contribution in [0.1, 0.15) is 64.8 Å². The molecule has 2 aliphatic heterocycles. The molecular formula is C27H29F3N6O2. The van der Waals surface area contributed by atoms with E-state index in [1.807, 2.05) is 29.8 Å². The first kappa shape index (κ1) is 25.0. The molecule has 0 atom stereocenters. The number of aromatic nitrogens is 4. The Balaban J connectivity index is 1.29. The number of amides is 1. The van der Waals surface area contributed by atoms with Gasteiger partial charge < -0.3 is 14.6 Å². The number of nitrogens with zero attached hydrogens (tertiary/aromatic N) is 5. The fourth-order valence-electron chi connectivity index (χ4n) is 5.46. The Labute approximate surface area is 218 Å². The summed E-state index contributed by atoms with van der Waals surface area (Å²) < 4.78 is 48.7. The quantitative estimate of drug-likeness (QED) is 0.502. The van der Waals surface area contributed by atoms with Crippen molar-refractivity contribution in [3.8, 4) is 0 Å². The van der Waals surface area contributed by atoms with Crippen LogP contribution < -0.4 is 10.2 Å². The zero-order valence-electron chi connectivity index (χ0n) is 21.3. The van der Waals surface area contributed by atoms with Crippen molar-refractivity contribution in [1.82, 2.24) is 25.1 Å². The number of carbonyl (C=O) groups is 1. The highest BCUT2D eigenvalue weighted by Gasteiger charge is 2.43. The highest BCUT2D eigenvalue weighted by molar-refractivity contribution is 6.09. The van der Waals surface area contributed by atoms with E-state index in [0.717, 1.165) is 42.3 Å². The Morgan fingerprint density at radius 3 is 2.55 bits per heavy atom. The largest absolute Gasteiger partial charge is 0.433 e. The molecule has 3 aromatic rings. The van der Waals surface area contributed by atoms with Gasteiger partial charge in [-0.1, -0.05) is 12.1 Å². The highest BCUT2D eigenvalue weighted by Crippen LogP contribution is 2.39. The molecule has 1 saturated heterocycles. The lowest BCUT2D eigenvalue weighted by atomic mass is 9.75. The normalized spacial score (nSPS) is 19.7. The Kier molecular flexibility index (Phi) is 5.84. The number of benzene rings is 1. The van der Waals surface area contributed by atoms with E-state index in [1.165, 1.54) is 4.90 Å². The van der Waals surface area contributed by atoms with Crippen LogP contribution in [0.4, 0.5) is 19.0 Å². The predicted octanol–water partition coefficient (Wildman–Crippen LogP) is 3.93. The van der Waals surface area contributed by atoms with E-state index >= 15 is 0 Å². The summed E-state index contributed by atoms with van der Waals surface area (Å²) in [6.07, 6.45) is 0.707. The van der Waals surface area contributed by atoms with Crippen LogP contribution >= 0.6 is 0 Å². The van der Waals surface area contributed by atoms with Crippen molar-refractivity contribution in [2.45, 2.75) is 62.8 Å². The van der Waals surface area contributed by atoms with E-state index < -0.39 is 11.9 Å². The molecule has 1 aliphatic carbocycles. The third-order valence-corrected chi connectivity index (χ3v) is 8.20. The molecule has 8 nitrogen and oxygen atoms in total. The number of ether oxygens (including phenoxy) is 1. The van der Waals surface area contributed by atoms with Gasteiger partial charge in [0.25, 0.3) is 5.91 Å². The maximum atomic E-state index is 13.8. The van der Waals surface area contributed by atoms with E-state index in [2.05, 4.69) is 27.4 Å². The average molecular weight is 527 g/mol. The zero-order chi connectivity index (χ0) is 26.7. The Hall–Kier alpha value is -3.31. The van der Waals surface area contributed by atoms with Crippen molar-refractivity contribution in [2.75, 3.05) is 18.1 Å². The second-order valence-electron chi connectivity index (χ2n) is 11.1. The minimum Gasteiger partial charge on any atom is -0.379 e. The molecule has 0 spiro atoms. The lowest BCUT2D eigenvalue weighted by Gasteiger charge is -2.41. The third kappa shape index (κ3) is 4.37. The molecule has 0 bridgehead atoms. The number of fused-ring (bicyclic) bond motifs is 1. The van der Waals surface area contributed by atoms with Crippen molar-refractivity contribution in [1.29, 1.82) is 0 Å². The first-order valence-electron chi connectivity index (χ1n) is 12.7. The number of aryl methyl sites for hydroxylation is 1. The average Bonchev–Trinajstić information content (AvgIpc) is 3.40. The number of rotatable bonds is 7. The number of anilines is 1. The van der Waals surface area contributed by atoms with E-state index in [9.17, 15) is 18.0 Å². The third-order valence-electron chi connectivity index (χ3n) is 8.20. The molecule has 38 heavy (non-hydrogen) atoms. The number of nitrogens with one attached hydrogen (secondary N) is 1. The van der Waals surface area contributed by atoms with E-state index in [0.29, 0.717) is 30.8 Å². The number of carbonyl (C=O) groups excluding carboxylic acids is 1. The second-order valence-corrected chi connectivity index (χ2v) is 11.1. The van der Waals surface area contributed by atoms with Gasteiger partial charge in [-0.05, 0) is 61.1 Å². The van der Waals surface area contributed by atoms with Crippen molar-refractivity contribution >= 4 is 11.7 Å². The SMILES string of the molecule is Cn1cnnc1CC1(c2ccc3c(c2)C(=O)N(c2cc(CNC4(C)CCC4)cc(C(F)(F)F)n2)C3)COC1. The zero-order valence-corrected chi connectivity index (χ0v) is 21.3. The van der Waals surface area contributed by atoms with E-state index in [1.54, 1.807) is 12.4 Å². The summed E-state index contributed by atoms with van der Waals surface area (Å²) in [6, 6.07) is 8.36. The summed E-state index contributed by atoms with van der Waals surface area (Å²) in [5, 5.41) is 11.5. The van der Waals surface area contributed by atoms with Gasteiger partial charge in [-0.25, -0.2) is 4.98 Å². The second kappa shape index (κ2) is 8.88. The molecule has 2 fully saturated rings. The number of alkyl halides is 3. The number of hydrogen-bond donors (Lipinski definition) is 1. The number of halogens is 3. The van der Waals surface area contributed by atoms with Crippen LogP contribution in [0.15, 0.2) is 36.7 Å². The van der Waals surface area contributed by atoms with Crippen LogP contribution in [0, 0.1) is 0 Å². The molecule has 1 amide bonds. The van der Waals surface area contributed by atoms with Gasteiger partial charge in [0, 0.05) is 36.5 Å². The molecule has 2 aromatic heterocycles. The van der Waals surface area contributed by atoms with Crippen LogP contribution in [0.2, 0.25) is 0 Å². The fraction of sp³-hybridized carbons (Fsp3) is 0.481. The summed E-state index contributed by atoms with van der Waals surface area (Å²) in [7, 11) is 1.88. The molecule has 11 heteroatoms. The summed E-state index contributed by atoms with van der Waals surface area (Å²) >= 11 is 0. The topological polar surface area (TPSA) is 85.2 Å². The Morgan fingerprint density at radius 1 is 1.16 bits per heavy atom. The minimum absolute atomic E-state index is 0.0129. The van der Waals surface area contributed by atoms with Crippen LogP contribution in [0.25, 0.3) is 0 Å². The van der Waals surface area contributed by atoms with Crippen LogP contribution in [-0.4, -0.2) is 44.4 Å². The van der Waals surface area contributed by atoms with Gasteiger partial charge in [0.05, 0.1) is 19.8 Å². The van der Waals surface area contributed by atoms with Gasteiger partial charge in [-0.15, -0.1) is 10.2 Å². The van der Waals surface area contributed by atoms with Gasteiger partial charge in [-0.2, -0.15) is 13.2 Å². The molecule has 4 heterocycles. The lowest BCUT2D eigenvalue weighted by Crippen LogP contribution is -2.49. The smallest absolute Gasteiger partial charge is 0.379 e. The Bertz CT molecular complexity index is 1390. The van der Waals surface area contributed by atoms with Crippen LogP contribution in [0.5, 0.6) is 0 Å². The maximum absolute atomic E-state index is 13.8. The van der Waals surface area contributed by atoms with Crippen molar-refractivity contribution < 1.29 is 22.7 Å². The Morgan fingerprint density at radius 2 is 1.95 bits per heavy atom.